The standard InChI is InChI=1S/C26H34N4O4/c1-32-24-13-18(8-9-23(24)34-20-10-12-33-17-20)15-30(16-19-5-4-11-27-14-19)26(31)25-21-6-2-3-7-22(21)28-29-25/h4-5,8-9,11,13-14,20-22,25,28-29H,2-3,6-7,10,12,15-17H2,1H3. The van der Waals surface area contributed by atoms with Crippen LogP contribution >= 0.6 is 0 Å². The summed E-state index contributed by atoms with van der Waals surface area (Å²) >= 11 is 0. The Kier molecular flexibility index (Phi) is 7.27. The molecule has 34 heavy (non-hydrogen) atoms. The quantitative estimate of drug-likeness (QED) is 0.619. The van der Waals surface area contributed by atoms with Gasteiger partial charge >= 0.3 is 0 Å². The highest BCUT2D eigenvalue weighted by atomic mass is 16.6. The number of nitrogens with one attached hydrogen (secondary N) is 2. The molecule has 3 aliphatic rings. The number of benzene rings is 1. The van der Waals surface area contributed by atoms with Crippen LogP contribution in [0.2, 0.25) is 0 Å². The molecule has 2 aromatic rings. The Morgan fingerprint density at radius 2 is 2.00 bits per heavy atom. The molecule has 8 heteroatoms. The molecule has 2 aliphatic heterocycles. The van der Waals surface area contributed by atoms with Crippen LogP contribution in [-0.4, -0.2) is 54.3 Å². The van der Waals surface area contributed by atoms with Crippen molar-refractivity contribution in [3.63, 3.8) is 0 Å². The SMILES string of the molecule is COc1cc(CN(Cc2cccnc2)C(=O)C2NNC3CCCCC32)ccc1OC1CCOC1. The lowest BCUT2D eigenvalue weighted by molar-refractivity contribution is -0.135. The number of pyridine rings is 1. The van der Waals surface area contributed by atoms with E-state index in [1.165, 1.54) is 12.8 Å². The van der Waals surface area contributed by atoms with Crippen molar-refractivity contribution in [2.45, 2.75) is 63.4 Å². The molecular weight excluding hydrogens is 432 g/mol. The fourth-order valence-corrected chi connectivity index (χ4v) is 5.32. The molecule has 3 fully saturated rings. The van der Waals surface area contributed by atoms with E-state index in [1.807, 2.05) is 41.4 Å². The first-order valence-electron chi connectivity index (χ1n) is 12.3. The second-order valence-corrected chi connectivity index (χ2v) is 9.47. The Bertz CT molecular complexity index is 967. The number of amides is 1. The first-order chi connectivity index (χ1) is 16.7. The molecule has 1 saturated carbocycles. The van der Waals surface area contributed by atoms with Gasteiger partial charge in [0.2, 0.25) is 5.91 Å². The van der Waals surface area contributed by atoms with E-state index in [1.54, 1.807) is 13.3 Å². The van der Waals surface area contributed by atoms with Gasteiger partial charge in [-0.15, -0.1) is 0 Å². The fraction of sp³-hybridized carbons (Fsp3) is 0.538. The summed E-state index contributed by atoms with van der Waals surface area (Å²) in [5, 5.41) is 0. The number of rotatable bonds is 8. The third-order valence-electron chi connectivity index (χ3n) is 7.13. The van der Waals surface area contributed by atoms with Crippen LogP contribution in [0.4, 0.5) is 0 Å². The number of fused-ring (bicyclic) bond motifs is 1. The maximum Gasteiger partial charge on any atom is 0.242 e. The Morgan fingerprint density at radius 3 is 2.79 bits per heavy atom. The van der Waals surface area contributed by atoms with Gasteiger partial charge in [-0.3, -0.25) is 15.2 Å². The molecule has 182 valence electrons. The zero-order valence-electron chi connectivity index (χ0n) is 19.7. The molecule has 5 rings (SSSR count). The van der Waals surface area contributed by atoms with Crippen molar-refractivity contribution < 1.29 is 19.0 Å². The number of carbonyl (C=O) groups is 1. The molecule has 3 heterocycles. The summed E-state index contributed by atoms with van der Waals surface area (Å²) in [5.74, 6) is 1.83. The summed E-state index contributed by atoms with van der Waals surface area (Å²) in [6, 6.07) is 10.0. The highest BCUT2D eigenvalue weighted by Crippen LogP contribution is 2.33. The molecule has 1 aromatic heterocycles. The van der Waals surface area contributed by atoms with Crippen molar-refractivity contribution in [1.29, 1.82) is 0 Å². The average Bonchev–Trinajstić information content (AvgIpc) is 3.55. The maximum absolute atomic E-state index is 13.8. The summed E-state index contributed by atoms with van der Waals surface area (Å²) < 4.78 is 17.1. The molecule has 8 nitrogen and oxygen atoms in total. The normalized spacial score (nSPS) is 26.1. The zero-order valence-corrected chi connectivity index (χ0v) is 19.7. The van der Waals surface area contributed by atoms with Crippen LogP contribution in [0.5, 0.6) is 11.5 Å². The Labute approximate surface area is 200 Å². The van der Waals surface area contributed by atoms with E-state index in [4.69, 9.17) is 14.2 Å². The molecule has 1 amide bonds. The van der Waals surface area contributed by atoms with Gasteiger partial charge in [0, 0.05) is 43.9 Å². The number of hydrazine groups is 1. The van der Waals surface area contributed by atoms with Crippen LogP contribution in [-0.2, 0) is 22.6 Å². The first kappa shape index (κ1) is 23.1. The maximum atomic E-state index is 13.8. The molecule has 0 spiro atoms. The zero-order chi connectivity index (χ0) is 23.3. The van der Waals surface area contributed by atoms with E-state index in [-0.39, 0.29) is 18.1 Å². The summed E-state index contributed by atoms with van der Waals surface area (Å²) in [6.45, 7) is 2.31. The molecule has 1 aliphatic carbocycles. The number of ether oxygens (including phenoxy) is 3. The van der Waals surface area contributed by atoms with Gasteiger partial charge in [-0.1, -0.05) is 25.0 Å². The fourth-order valence-electron chi connectivity index (χ4n) is 5.32. The molecule has 0 radical (unpaired) electrons. The van der Waals surface area contributed by atoms with Gasteiger partial charge in [0.05, 0.1) is 20.3 Å². The minimum absolute atomic E-state index is 0.0489. The van der Waals surface area contributed by atoms with Crippen molar-refractivity contribution >= 4 is 5.91 Å². The molecule has 2 N–H and O–H groups in total. The van der Waals surface area contributed by atoms with E-state index in [2.05, 4.69) is 15.8 Å². The Hall–Kier alpha value is -2.68. The predicted molar refractivity (Wildman–Crippen MR) is 127 cm³/mol. The van der Waals surface area contributed by atoms with Crippen LogP contribution in [0.25, 0.3) is 0 Å². The molecular formula is C26H34N4O4. The smallest absolute Gasteiger partial charge is 0.242 e. The highest BCUT2D eigenvalue weighted by Gasteiger charge is 2.42. The van der Waals surface area contributed by atoms with E-state index in [0.29, 0.717) is 43.2 Å². The number of hydrogen-bond acceptors (Lipinski definition) is 7. The minimum Gasteiger partial charge on any atom is -0.493 e. The molecule has 1 aromatic carbocycles. The number of nitrogens with zero attached hydrogens (tertiary/aromatic N) is 2. The lowest BCUT2D eigenvalue weighted by Crippen LogP contribution is -2.47. The third-order valence-corrected chi connectivity index (χ3v) is 7.13. The van der Waals surface area contributed by atoms with Crippen LogP contribution in [0.3, 0.4) is 0 Å². The van der Waals surface area contributed by atoms with Crippen molar-refractivity contribution in [3.8, 4) is 11.5 Å². The molecule has 2 saturated heterocycles. The predicted octanol–water partition coefficient (Wildman–Crippen LogP) is 2.82. The minimum atomic E-state index is -0.214. The van der Waals surface area contributed by atoms with Gasteiger partial charge < -0.3 is 19.1 Å². The Balaban J connectivity index is 1.35. The largest absolute Gasteiger partial charge is 0.493 e. The van der Waals surface area contributed by atoms with Crippen LogP contribution in [0.1, 0.15) is 43.2 Å². The van der Waals surface area contributed by atoms with Crippen LogP contribution in [0.15, 0.2) is 42.7 Å². The summed E-state index contributed by atoms with van der Waals surface area (Å²) in [4.78, 5) is 20.0. The number of methoxy groups -OCH3 is 1. The van der Waals surface area contributed by atoms with E-state index in [9.17, 15) is 4.79 Å². The Morgan fingerprint density at radius 1 is 1.12 bits per heavy atom. The lowest BCUT2D eigenvalue weighted by Gasteiger charge is -2.31. The molecule has 4 unspecified atom stereocenters. The second kappa shape index (κ2) is 10.7. The van der Waals surface area contributed by atoms with Crippen molar-refractivity contribution in [2.24, 2.45) is 5.92 Å². The van der Waals surface area contributed by atoms with Crippen molar-refractivity contribution in [3.05, 3.63) is 53.9 Å². The topological polar surface area (TPSA) is 85.0 Å². The van der Waals surface area contributed by atoms with Gasteiger partial charge in [0.15, 0.2) is 11.5 Å². The number of aromatic nitrogens is 1. The summed E-state index contributed by atoms with van der Waals surface area (Å²) in [5.41, 5.74) is 8.69. The lowest BCUT2D eigenvalue weighted by atomic mass is 9.81. The first-order valence-corrected chi connectivity index (χ1v) is 12.3. The van der Waals surface area contributed by atoms with E-state index in [0.717, 1.165) is 37.0 Å². The highest BCUT2D eigenvalue weighted by molar-refractivity contribution is 5.82. The summed E-state index contributed by atoms with van der Waals surface area (Å²) in [6.07, 6.45) is 9.10. The average molecular weight is 467 g/mol. The van der Waals surface area contributed by atoms with E-state index >= 15 is 0 Å². The van der Waals surface area contributed by atoms with Gasteiger partial charge in [0.25, 0.3) is 0 Å². The third kappa shape index (κ3) is 5.19. The van der Waals surface area contributed by atoms with E-state index < -0.39 is 0 Å². The number of hydrogen-bond donors (Lipinski definition) is 2. The van der Waals surface area contributed by atoms with Crippen molar-refractivity contribution in [1.82, 2.24) is 20.7 Å². The van der Waals surface area contributed by atoms with Gasteiger partial charge in [-0.25, -0.2) is 5.43 Å². The van der Waals surface area contributed by atoms with Gasteiger partial charge in [-0.2, -0.15) is 0 Å². The van der Waals surface area contributed by atoms with Gasteiger partial charge in [-0.05, 0) is 42.2 Å². The van der Waals surface area contributed by atoms with Gasteiger partial charge in [0.1, 0.15) is 12.1 Å². The van der Waals surface area contributed by atoms with Crippen molar-refractivity contribution in [2.75, 3.05) is 20.3 Å². The van der Waals surface area contributed by atoms with Crippen LogP contribution < -0.4 is 20.3 Å². The molecule has 0 bridgehead atoms. The summed E-state index contributed by atoms with van der Waals surface area (Å²) in [7, 11) is 1.65. The monoisotopic (exact) mass is 466 g/mol. The number of carbonyl (C=O) groups excluding carboxylic acids is 1. The van der Waals surface area contributed by atoms with Crippen LogP contribution in [0, 0.1) is 5.92 Å². The molecule has 4 atom stereocenters. The second-order valence-electron chi connectivity index (χ2n) is 9.47.